The molecule has 24 heavy (non-hydrogen) atoms. The Morgan fingerprint density at radius 1 is 0.958 bits per heavy atom. The third-order valence-corrected chi connectivity index (χ3v) is 4.78. The van der Waals surface area contributed by atoms with E-state index < -0.39 is 0 Å². The van der Waals surface area contributed by atoms with E-state index in [-0.39, 0.29) is 5.82 Å². The first kappa shape index (κ1) is 16.8. The molecule has 0 saturated carbocycles. The van der Waals surface area contributed by atoms with Crippen LogP contribution in [-0.4, -0.2) is 44.2 Å². The second-order valence-corrected chi connectivity index (χ2v) is 6.35. The highest BCUT2D eigenvalue weighted by Gasteiger charge is 2.18. The normalized spacial score (nSPS) is 15.5. The molecule has 1 heterocycles. The Labute approximate surface area is 143 Å². The van der Waals surface area contributed by atoms with Gasteiger partial charge < -0.3 is 9.64 Å². The number of piperazine rings is 1. The van der Waals surface area contributed by atoms with Gasteiger partial charge in [0.25, 0.3) is 0 Å². The highest BCUT2D eigenvalue weighted by atomic mass is 19.1. The summed E-state index contributed by atoms with van der Waals surface area (Å²) in [7, 11) is 0. The van der Waals surface area contributed by atoms with Crippen LogP contribution in [0.4, 0.5) is 10.1 Å². The predicted molar refractivity (Wildman–Crippen MR) is 96.5 cm³/mol. The summed E-state index contributed by atoms with van der Waals surface area (Å²) in [6, 6.07) is 12.7. The molecule has 1 aliphatic heterocycles. The summed E-state index contributed by atoms with van der Waals surface area (Å²) in [5.74, 6) is 0.496. The summed E-state index contributed by atoms with van der Waals surface area (Å²) in [5.41, 5.74) is 4.09. The Hall–Kier alpha value is -2.07. The summed E-state index contributed by atoms with van der Waals surface area (Å²) in [6.07, 6.45) is 0. The van der Waals surface area contributed by atoms with E-state index in [0.717, 1.165) is 38.5 Å². The van der Waals surface area contributed by atoms with Crippen LogP contribution in [0.15, 0.2) is 42.5 Å². The Kier molecular flexibility index (Phi) is 5.36. The largest absolute Gasteiger partial charge is 0.492 e. The van der Waals surface area contributed by atoms with E-state index in [1.165, 1.54) is 28.9 Å². The van der Waals surface area contributed by atoms with Crippen LogP contribution < -0.4 is 9.64 Å². The van der Waals surface area contributed by atoms with Crippen LogP contribution in [0.1, 0.15) is 11.1 Å². The Morgan fingerprint density at radius 2 is 1.67 bits per heavy atom. The van der Waals surface area contributed by atoms with Gasteiger partial charge >= 0.3 is 0 Å². The van der Waals surface area contributed by atoms with Crippen LogP contribution in [0.2, 0.25) is 0 Å². The zero-order chi connectivity index (χ0) is 16.9. The molecule has 2 aromatic carbocycles. The fraction of sp³-hybridized carbons (Fsp3) is 0.400. The van der Waals surface area contributed by atoms with Gasteiger partial charge in [0.1, 0.15) is 18.2 Å². The maximum Gasteiger partial charge on any atom is 0.123 e. The minimum absolute atomic E-state index is 0.232. The fourth-order valence-electron chi connectivity index (χ4n) is 3.11. The quantitative estimate of drug-likeness (QED) is 0.833. The summed E-state index contributed by atoms with van der Waals surface area (Å²) in [4.78, 5) is 4.89. The first-order chi connectivity index (χ1) is 11.6. The average molecular weight is 328 g/mol. The van der Waals surface area contributed by atoms with Gasteiger partial charge in [0.2, 0.25) is 0 Å². The first-order valence-corrected chi connectivity index (χ1v) is 8.55. The van der Waals surface area contributed by atoms with Gasteiger partial charge in [-0.15, -0.1) is 0 Å². The van der Waals surface area contributed by atoms with Crippen molar-refractivity contribution in [1.29, 1.82) is 0 Å². The summed E-state index contributed by atoms with van der Waals surface area (Å²) >= 11 is 0. The standard InChI is InChI=1S/C20H25FN2O/c1-16-4-3-5-20(17(16)2)23-12-10-22(11-13-23)14-15-24-19-8-6-18(21)7-9-19/h3-9H,10-15H2,1-2H3. The van der Waals surface area contributed by atoms with Gasteiger partial charge in [0, 0.05) is 38.4 Å². The van der Waals surface area contributed by atoms with Gasteiger partial charge in [-0.2, -0.15) is 0 Å². The number of benzene rings is 2. The van der Waals surface area contributed by atoms with E-state index in [1.54, 1.807) is 12.1 Å². The molecule has 3 rings (SSSR count). The van der Waals surface area contributed by atoms with Crippen molar-refractivity contribution in [2.75, 3.05) is 44.2 Å². The predicted octanol–water partition coefficient (Wildman–Crippen LogP) is 3.64. The second kappa shape index (κ2) is 7.67. The number of ether oxygens (including phenoxy) is 1. The van der Waals surface area contributed by atoms with Crippen molar-refractivity contribution in [3.05, 3.63) is 59.4 Å². The SMILES string of the molecule is Cc1cccc(N2CCN(CCOc3ccc(F)cc3)CC2)c1C. The number of hydrogen-bond donors (Lipinski definition) is 0. The fourth-order valence-corrected chi connectivity index (χ4v) is 3.11. The Morgan fingerprint density at radius 3 is 2.38 bits per heavy atom. The minimum Gasteiger partial charge on any atom is -0.492 e. The number of hydrogen-bond acceptors (Lipinski definition) is 3. The number of halogens is 1. The van der Waals surface area contributed by atoms with Crippen molar-refractivity contribution in [3.8, 4) is 5.75 Å². The van der Waals surface area contributed by atoms with E-state index in [4.69, 9.17) is 4.74 Å². The molecule has 1 fully saturated rings. The zero-order valence-electron chi connectivity index (χ0n) is 14.5. The molecule has 128 valence electrons. The van der Waals surface area contributed by atoms with Crippen LogP contribution in [-0.2, 0) is 0 Å². The van der Waals surface area contributed by atoms with Crippen molar-refractivity contribution >= 4 is 5.69 Å². The maximum absolute atomic E-state index is 12.9. The highest BCUT2D eigenvalue weighted by Crippen LogP contribution is 2.23. The smallest absolute Gasteiger partial charge is 0.123 e. The van der Waals surface area contributed by atoms with E-state index in [2.05, 4.69) is 41.8 Å². The molecule has 1 saturated heterocycles. The van der Waals surface area contributed by atoms with Crippen LogP contribution in [0.3, 0.4) is 0 Å². The molecule has 0 aliphatic carbocycles. The molecule has 0 radical (unpaired) electrons. The monoisotopic (exact) mass is 328 g/mol. The van der Waals surface area contributed by atoms with Crippen molar-refractivity contribution in [2.24, 2.45) is 0 Å². The number of rotatable bonds is 5. The average Bonchev–Trinajstić information content (AvgIpc) is 2.60. The molecule has 1 aliphatic rings. The van der Waals surface area contributed by atoms with E-state index in [9.17, 15) is 4.39 Å². The molecule has 3 nitrogen and oxygen atoms in total. The lowest BCUT2D eigenvalue weighted by atomic mass is 10.1. The lowest BCUT2D eigenvalue weighted by Gasteiger charge is -2.37. The second-order valence-electron chi connectivity index (χ2n) is 6.35. The third-order valence-electron chi connectivity index (χ3n) is 4.78. The zero-order valence-corrected chi connectivity index (χ0v) is 14.5. The van der Waals surface area contributed by atoms with Gasteiger partial charge in [0.05, 0.1) is 0 Å². The van der Waals surface area contributed by atoms with Gasteiger partial charge in [-0.1, -0.05) is 12.1 Å². The van der Waals surface area contributed by atoms with Crippen LogP contribution in [0.25, 0.3) is 0 Å². The summed E-state index contributed by atoms with van der Waals surface area (Å²) < 4.78 is 18.5. The summed E-state index contributed by atoms with van der Waals surface area (Å²) in [5, 5.41) is 0. The van der Waals surface area contributed by atoms with E-state index in [0.29, 0.717) is 6.61 Å². The van der Waals surface area contributed by atoms with Gasteiger partial charge in [-0.25, -0.2) is 4.39 Å². The molecular formula is C20H25FN2O. The number of anilines is 1. The maximum atomic E-state index is 12.9. The highest BCUT2D eigenvalue weighted by molar-refractivity contribution is 5.56. The van der Waals surface area contributed by atoms with Crippen molar-refractivity contribution in [1.82, 2.24) is 4.90 Å². The Bertz CT molecular complexity index is 664. The molecule has 0 spiro atoms. The lowest BCUT2D eigenvalue weighted by molar-refractivity contribution is 0.200. The Balaban J connectivity index is 1.45. The van der Waals surface area contributed by atoms with Gasteiger partial charge in [-0.05, 0) is 55.3 Å². The van der Waals surface area contributed by atoms with Crippen LogP contribution in [0.5, 0.6) is 5.75 Å². The lowest BCUT2D eigenvalue weighted by Crippen LogP contribution is -2.47. The van der Waals surface area contributed by atoms with Gasteiger partial charge in [0.15, 0.2) is 0 Å². The molecule has 4 heteroatoms. The topological polar surface area (TPSA) is 15.7 Å². The van der Waals surface area contributed by atoms with Crippen LogP contribution >= 0.6 is 0 Å². The molecule has 0 unspecified atom stereocenters. The molecule has 0 bridgehead atoms. The molecule has 0 atom stereocenters. The summed E-state index contributed by atoms with van der Waals surface area (Å²) in [6.45, 7) is 10.1. The van der Waals surface area contributed by atoms with Crippen molar-refractivity contribution < 1.29 is 9.13 Å². The number of aryl methyl sites for hydroxylation is 1. The number of nitrogens with zero attached hydrogens (tertiary/aromatic N) is 2. The third kappa shape index (κ3) is 4.06. The first-order valence-electron chi connectivity index (χ1n) is 8.55. The van der Waals surface area contributed by atoms with E-state index >= 15 is 0 Å². The molecule has 0 N–H and O–H groups in total. The molecule has 2 aromatic rings. The molecule has 0 amide bonds. The van der Waals surface area contributed by atoms with Gasteiger partial charge in [-0.3, -0.25) is 4.90 Å². The van der Waals surface area contributed by atoms with Crippen LogP contribution in [0, 0.1) is 19.7 Å². The minimum atomic E-state index is -0.232. The van der Waals surface area contributed by atoms with Crippen molar-refractivity contribution in [3.63, 3.8) is 0 Å². The van der Waals surface area contributed by atoms with E-state index in [1.807, 2.05) is 0 Å². The van der Waals surface area contributed by atoms with Crippen molar-refractivity contribution in [2.45, 2.75) is 13.8 Å². The molecule has 0 aromatic heterocycles. The molecular weight excluding hydrogens is 303 g/mol.